The van der Waals surface area contributed by atoms with Gasteiger partial charge in [0.25, 0.3) is 0 Å². The summed E-state index contributed by atoms with van der Waals surface area (Å²) >= 11 is 1.70. The van der Waals surface area contributed by atoms with E-state index in [4.69, 9.17) is 0 Å². The van der Waals surface area contributed by atoms with Crippen LogP contribution in [0.3, 0.4) is 0 Å². The highest BCUT2D eigenvalue weighted by Crippen LogP contribution is 2.29. The van der Waals surface area contributed by atoms with Gasteiger partial charge in [-0.25, -0.2) is 9.78 Å². The third-order valence-electron chi connectivity index (χ3n) is 4.91. The van der Waals surface area contributed by atoms with Crippen LogP contribution >= 0.6 is 11.3 Å². The number of aromatic nitrogens is 1. The molecule has 0 aromatic carbocycles. The first kappa shape index (κ1) is 17.2. The number of nitrogens with zero attached hydrogens (tertiary/aromatic N) is 3. The summed E-state index contributed by atoms with van der Waals surface area (Å²) in [6.07, 6.45) is 7.61. The van der Waals surface area contributed by atoms with E-state index >= 15 is 0 Å². The van der Waals surface area contributed by atoms with Crippen molar-refractivity contribution in [2.75, 3.05) is 32.7 Å². The van der Waals surface area contributed by atoms with Crippen molar-refractivity contribution in [1.82, 2.24) is 20.1 Å². The Bertz CT molecular complexity index is 535. The molecular weight excluding hydrogens is 324 g/mol. The van der Waals surface area contributed by atoms with Crippen LogP contribution in [-0.4, -0.2) is 59.4 Å². The molecule has 1 aromatic rings. The molecule has 0 unspecified atom stereocenters. The Balaban J connectivity index is 1.34. The number of rotatable bonds is 4. The van der Waals surface area contributed by atoms with Crippen LogP contribution in [0.5, 0.6) is 0 Å². The third kappa shape index (κ3) is 4.47. The van der Waals surface area contributed by atoms with Crippen molar-refractivity contribution in [3.8, 4) is 0 Å². The summed E-state index contributed by atoms with van der Waals surface area (Å²) in [4.78, 5) is 32.5. The van der Waals surface area contributed by atoms with Crippen molar-refractivity contribution in [3.05, 3.63) is 16.6 Å². The molecule has 2 aliphatic heterocycles. The van der Waals surface area contributed by atoms with Crippen molar-refractivity contribution in [3.63, 3.8) is 0 Å². The number of carbonyl (C=O) groups is 2. The van der Waals surface area contributed by atoms with Crippen LogP contribution in [0.25, 0.3) is 0 Å². The number of hydrogen-bond donors (Lipinski definition) is 1. The smallest absolute Gasteiger partial charge is 0.317 e. The first-order valence-electron chi connectivity index (χ1n) is 8.94. The average Bonchev–Trinajstić information content (AvgIpc) is 3.17. The minimum Gasteiger partial charge on any atom is -0.343 e. The number of piperidine rings is 2. The second-order valence-corrected chi connectivity index (χ2v) is 7.48. The van der Waals surface area contributed by atoms with Gasteiger partial charge >= 0.3 is 6.03 Å². The molecule has 24 heavy (non-hydrogen) atoms. The molecule has 0 bridgehead atoms. The van der Waals surface area contributed by atoms with E-state index in [1.807, 2.05) is 21.4 Å². The lowest BCUT2D eigenvalue weighted by molar-refractivity contribution is -0.131. The van der Waals surface area contributed by atoms with Gasteiger partial charge in [0.1, 0.15) is 0 Å². The van der Waals surface area contributed by atoms with Crippen LogP contribution in [0.15, 0.2) is 11.6 Å². The molecule has 0 saturated carbocycles. The average molecular weight is 350 g/mol. The fraction of sp³-hybridized carbons (Fsp3) is 0.706. The van der Waals surface area contributed by atoms with E-state index in [2.05, 4.69) is 10.3 Å². The summed E-state index contributed by atoms with van der Waals surface area (Å²) in [6, 6.07) is -0.0426. The largest absolute Gasteiger partial charge is 0.343 e. The highest BCUT2D eigenvalue weighted by Gasteiger charge is 2.25. The SMILES string of the molecule is O=C(CCNC(=O)N1CCC(c2nccs2)CC1)N1CCCCC1. The molecule has 2 aliphatic rings. The molecule has 0 spiro atoms. The Morgan fingerprint density at radius 2 is 1.88 bits per heavy atom. The summed E-state index contributed by atoms with van der Waals surface area (Å²) in [7, 11) is 0. The van der Waals surface area contributed by atoms with Gasteiger partial charge < -0.3 is 15.1 Å². The molecule has 3 heterocycles. The molecule has 3 rings (SSSR count). The zero-order chi connectivity index (χ0) is 16.8. The van der Waals surface area contributed by atoms with Crippen LogP contribution in [0.4, 0.5) is 4.79 Å². The summed E-state index contributed by atoms with van der Waals surface area (Å²) in [5.41, 5.74) is 0. The van der Waals surface area contributed by atoms with E-state index in [1.165, 1.54) is 11.4 Å². The van der Waals surface area contributed by atoms with Crippen LogP contribution in [0, 0.1) is 0 Å². The standard InChI is InChI=1S/C17H26N4O2S/c22-15(20-9-2-1-3-10-20)4-7-19-17(23)21-11-5-14(6-12-21)16-18-8-13-24-16/h8,13-14H,1-7,9-12H2,(H,19,23). The second kappa shape index (κ2) is 8.46. The van der Waals surface area contributed by atoms with Crippen LogP contribution in [-0.2, 0) is 4.79 Å². The zero-order valence-corrected chi connectivity index (χ0v) is 14.9. The van der Waals surface area contributed by atoms with E-state index in [-0.39, 0.29) is 11.9 Å². The predicted octanol–water partition coefficient (Wildman–Crippen LogP) is 2.43. The quantitative estimate of drug-likeness (QED) is 0.907. The maximum atomic E-state index is 12.2. The van der Waals surface area contributed by atoms with E-state index in [9.17, 15) is 9.59 Å². The summed E-state index contributed by atoms with van der Waals surface area (Å²) in [5.74, 6) is 0.646. The van der Waals surface area contributed by atoms with Crippen molar-refractivity contribution in [2.45, 2.75) is 44.4 Å². The third-order valence-corrected chi connectivity index (χ3v) is 5.84. The molecule has 3 amide bonds. The number of amides is 3. The van der Waals surface area contributed by atoms with Gasteiger partial charge in [0.05, 0.1) is 5.01 Å². The zero-order valence-electron chi connectivity index (χ0n) is 14.1. The Hall–Kier alpha value is -1.63. The number of hydrogen-bond acceptors (Lipinski definition) is 4. The summed E-state index contributed by atoms with van der Waals surface area (Å²) < 4.78 is 0. The fourth-order valence-electron chi connectivity index (χ4n) is 3.46. The second-order valence-electron chi connectivity index (χ2n) is 6.56. The van der Waals surface area contributed by atoms with Crippen LogP contribution < -0.4 is 5.32 Å². The number of likely N-dealkylation sites (tertiary alicyclic amines) is 2. The van der Waals surface area contributed by atoms with E-state index < -0.39 is 0 Å². The molecule has 2 saturated heterocycles. The number of urea groups is 1. The van der Waals surface area contributed by atoms with Crippen LogP contribution in [0.1, 0.15) is 49.5 Å². The lowest BCUT2D eigenvalue weighted by Gasteiger charge is -2.31. The monoisotopic (exact) mass is 350 g/mol. The van der Waals surface area contributed by atoms with Gasteiger partial charge in [-0.15, -0.1) is 11.3 Å². The van der Waals surface area contributed by atoms with Gasteiger partial charge in [0, 0.05) is 56.6 Å². The Morgan fingerprint density at radius 1 is 1.12 bits per heavy atom. The number of carbonyl (C=O) groups excluding carboxylic acids is 2. The van der Waals surface area contributed by atoms with Gasteiger partial charge in [-0.1, -0.05) is 0 Å². The van der Waals surface area contributed by atoms with Gasteiger partial charge in [-0.05, 0) is 32.1 Å². The van der Waals surface area contributed by atoms with Crippen LogP contribution in [0.2, 0.25) is 0 Å². The molecule has 6 nitrogen and oxygen atoms in total. The van der Waals surface area contributed by atoms with Crippen molar-refractivity contribution in [1.29, 1.82) is 0 Å². The van der Waals surface area contributed by atoms with E-state index in [1.54, 1.807) is 11.3 Å². The normalized spacial score (nSPS) is 19.3. The molecule has 0 radical (unpaired) electrons. The summed E-state index contributed by atoms with van der Waals surface area (Å²) in [6.45, 7) is 3.70. The lowest BCUT2D eigenvalue weighted by Crippen LogP contribution is -2.45. The van der Waals surface area contributed by atoms with Crippen molar-refractivity contribution in [2.24, 2.45) is 0 Å². The molecule has 0 atom stereocenters. The van der Waals surface area contributed by atoms with Gasteiger partial charge in [0.15, 0.2) is 0 Å². The summed E-state index contributed by atoms with van der Waals surface area (Å²) in [5, 5.41) is 6.09. The molecule has 1 aromatic heterocycles. The molecule has 132 valence electrons. The predicted molar refractivity (Wildman–Crippen MR) is 94.1 cm³/mol. The first-order chi connectivity index (χ1) is 11.7. The van der Waals surface area contributed by atoms with Gasteiger partial charge in [0.2, 0.25) is 5.91 Å². The molecule has 7 heteroatoms. The number of nitrogens with one attached hydrogen (secondary N) is 1. The van der Waals surface area contributed by atoms with Gasteiger partial charge in [-0.3, -0.25) is 4.79 Å². The lowest BCUT2D eigenvalue weighted by atomic mass is 9.98. The van der Waals surface area contributed by atoms with E-state index in [0.717, 1.165) is 51.9 Å². The Kier molecular flexibility index (Phi) is 6.07. The highest BCUT2D eigenvalue weighted by molar-refractivity contribution is 7.09. The Labute approximate surface area is 147 Å². The number of thiazole rings is 1. The topological polar surface area (TPSA) is 65.5 Å². The van der Waals surface area contributed by atoms with Crippen molar-refractivity contribution >= 4 is 23.3 Å². The Morgan fingerprint density at radius 3 is 2.54 bits per heavy atom. The van der Waals surface area contributed by atoms with E-state index in [0.29, 0.717) is 18.9 Å². The molecule has 1 N–H and O–H groups in total. The first-order valence-corrected chi connectivity index (χ1v) is 9.82. The molecule has 2 fully saturated rings. The molecular formula is C17H26N4O2S. The fourth-order valence-corrected chi connectivity index (χ4v) is 4.27. The van der Waals surface area contributed by atoms with Crippen molar-refractivity contribution < 1.29 is 9.59 Å². The molecule has 0 aliphatic carbocycles. The maximum absolute atomic E-state index is 12.2. The minimum absolute atomic E-state index is 0.0426. The maximum Gasteiger partial charge on any atom is 0.317 e. The highest BCUT2D eigenvalue weighted by atomic mass is 32.1. The minimum atomic E-state index is -0.0426. The van der Waals surface area contributed by atoms with Gasteiger partial charge in [-0.2, -0.15) is 0 Å².